The molecule has 0 fully saturated rings. The molecule has 3 nitrogen and oxygen atoms in total. The van der Waals surface area contributed by atoms with Crippen LogP contribution >= 0.6 is 11.6 Å². The van der Waals surface area contributed by atoms with Crippen LogP contribution in [0.4, 0.5) is 0 Å². The van der Waals surface area contributed by atoms with Crippen molar-refractivity contribution in [2.45, 2.75) is 39.7 Å². The van der Waals surface area contributed by atoms with Crippen LogP contribution in [0.5, 0.6) is 0 Å². The zero-order valence-electron chi connectivity index (χ0n) is 12.5. The van der Waals surface area contributed by atoms with Gasteiger partial charge in [0.1, 0.15) is 0 Å². The van der Waals surface area contributed by atoms with Gasteiger partial charge in [0.25, 0.3) is 0 Å². The Morgan fingerprint density at radius 3 is 2.60 bits per heavy atom. The Kier molecular flexibility index (Phi) is 7.03. The summed E-state index contributed by atoms with van der Waals surface area (Å²) in [7, 11) is 0. The van der Waals surface area contributed by atoms with Gasteiger partial charge < -0.3 is 11.1 Å². The van der Waals surface area contributed by atoms with Crippen molar-refractivity contribution in [1.29, 1.82) is 0 Å². The Hall–Kier alpha value is -1.06. The third kappa shape index (κ3) is 5.93. The molecule has 0 aromatic heterocycles. The molecule has 0 aliphatic carbocycles. The number of halogens is 1. The molecule has 0 aliphatic rings. The Morgan fingerprint density at radius 2 is 2.05 bits per heavy atom. The Bertz CT molecular complexity index is 434. The van der Waals surface area contributed by atoms with Gasteiger partial charge in [-0.3, -0.25) is 4.79 Å². The predicted octanol–water partition coefficient (Wildman–Crippen LogP) is 3.53. The average Bonchev–Trinajstić information content (AvgIpc) is 2.37. The molecule has 1 rings (SSSR count). The molecule has 0 spiro atoms. The van der Waals surface area contributed by atoms with Gasteiger partial charge in [-0.1, -0.05) is 37.6 Å². The SMILES string of the molecule is CC(C)CC(CN)CC(=O)NC(C)c1cccc(Cl)c1. The summed E-state index contributed by atoms with van der Waals surface area (Å²) in [5.41, 5.74) is 6.75. The van der Waals surface area contributed by atoms with Crippen LogP contribution in [0.2, 0.25) is 5.02 Å². The first-order valence-electron chi connectivity index (χ1n) is 7.17. The lowest BCUT2D eigenvalue weighted by Gasteiger charge is -2.19. The fourth-order valence-corrected chi connectivity index (χ4v) is 2.55. The Labute approximate surface area is 126 Å². The van der Waals surface area contributed by atoms with E-state index in [1.807, 2.05) is 31.2 Å². The third-order valence-electron chi connectivity index (χ3n) is 3.34. The van der Waals surface area contributed by atoms with Crippen LogP contribution in [0.3, 0.4) is 0 Å². The number of amides is 1. The first-order valence-corrected chi connectivity index (χ1v) is 7.55. The molecule has 0 radical (unpaired) electrons. The summed E-state index contributed by atoms with van der Waals surface area (Å²) < 4.78 is 0. The second-order valence-electron chi connectivity index (χ2n) is 5.78. The van der Waals surface area contributed by atoms with Gasteiger partial charge in [-0.15, -0.1) is 0 Å². The first kappa shape index (κ1) is 17.0. The van der Waals surface area contributed by atoms with Gasteiger partial charge in [-0.25, -0.2) is 0 Å². The van der Waals surface area contributed by atoms with Crippen molar-refractivity contribution >= 4 is 17.5 Å². The maximum atomic E-state index is 12.1. The highest BCUT2D eigenvalue weighted by molar-refractivity contribution is 6.30. The van der Waals surface area contributed by atoms with Crippen molar-refractivity contribution < 1.29 is 4.79 Å². The van der Waals surface area contributed by atoms with E-state index in [9.17, 15) is 4.79 Å². The molecular formula is C16H25ClN2O. The van der Waals surface area contributed by atoms with Crippen molar-refractivity contribution in [3.8, 4) is 0 Å². The lowest BCUT2D eigenvalue weighted by molar-refractivity contribution is -0.122. The van der Waals surface area contributed by atoms with E-state index in [2.05, 4.69) is 19.2 Å². The van der Waals surface area contributed by atoms with Gasteiger partial charge in [-0.05, 0) is 49.4 Å². The maximum absolute atomic E-state index is 12.1. The lowest BCUT2D eigenvalue weighted by atomic mass is 9.94. The number of hydrogen-bond acceptors (Lipinski definition) is 2. The highest BCUT2D eigenvalue weighted by atomic mass is 35.5. The maximum Gasteiger partial charge on any atom is 0.220 e. The number of benzene rings is 1. The number of nitrogens with two attached hydrogens (primary N) is 1. The van der Waals surface area contributed by atoms with Crippen LogP contribution in [-0.2, 0) is 4.79 Å². The van der Waals surface area contributed by atoms with Crippen molar-refractivity contribution in [3.63, 3.8) is 0 Å². The number of carbonyl (C=O) groups is 1. The highest BCUT2D eigenvalue weighted by Gasteiger charge is 2.16. The monoisotopic (exact) mass is 296 g/mol. The number of hydrogen-bond donors (Lipinski definition) is 2. The van der Waals surface area contributed by atoms with E-state index in [1.165, 1.54) is 0 Å². The number of nitrogens with one attached hydrogen (secondary N) is 1. The molecule has 1 aromatic carbocycles. The molecule has 0 saturated carbocycles. The predicted molar refractivity (Wildman–Crippen MR) is 84.6 cm³/mol. The van der Waals surface area contributed by atoms with Crippen LogP contribution in [0.25, 0.3) is 0 Å². The van der Waals surface area contributed by atoms with E-state index in [4.69, 9.17) is 17.3 Å². The Balaban J connectivity index is 2.53. The van der Waals surface area contributed by atoms with E-state index in [0.717, 1.165) is 12.0 Å². The van der Waals surface area contributed by atoms with Gasteiger partial charge in [0.15, 0.2) is 0 Å². The largest absolute Gasteiger partial charge is 0.350 e. The van der Waals surface area contributed by atoms with Gasteiger partial charge >= 0.3 is 0 Å². The molecule has 1 amide bonds. The molecule has 0 saturated heterocycles. The molecule has 3 N–H and O–H groups in total. The van der Waals surface area contributed by atoms with Crippen molar-refractivity contribution in [2.24, 2.45) is 17.6 Å². The topological polar surface area (TPSA) is 55.1 Å². The molecule has 112 valence electrons. The molecule has 4 heteroatoms. The zero-order valence-corrected chi connectivity index (χ0v) is 13.3. The lowest BCUT2D eigenvalue weighted by Crippen LogP contribution is -2.30. The van der Waals surface area contributed by atoms with Crippen LogP contribution in [0.1, 0.15) is 45.2 Å². The van der Waals surface area contributed by atoms with Gasteiger partial charge in [-0.2, -0.15) is 0 Å². The standard InChI is InChI=1S/C16H25ClN2O/c1-11(2)7-13(10-18)8-16(20)19-12(3)14-5-4-6-15(17)9-14/h4-6,9,11-13H,7-8,10,18H2,1-3H3,(H,19,20). The van der Waals surface area contributed by atoms with Crippen molar-refractivity contribution in [1.82, 2.24) is 5.32 Å². The molecule has 2 atom stereocenters. The van der Waals surface area contributed by atoms with Crippen molar-refractivity contribution in [2.75, 3.05) is 6.54 Å². The average molecular weight is 297 g/mol. The molecule has 0 aliphatic heterocycles. The number of carbonyl (C=O) groups excluding carboxylic acids is 1. The molecule has 0 heterocycles. The first-order chi connectivity index (χ1) is 9.42. The minimum absolute atomic E-state index is 0.0429. The summed E-state index contributed by atoms with van der Waals surface area (Å²) in [5.74, 6) is 0.858. The summed E-state index contributed by atoms with van der Waals surface area (Å²) in [4.78, 5) is 12.1. The van der Waals surface area contributed by atoms with Gasteiger partial charge in [0.05, 0.1) is 6.04 Å². The second kappa shape index (κ2) is 8.28. The second-order valence-corrected chi connectivity index (χ2v) is 6.22. The summed E-state index contributed by atoms with van der Waals surface area (Å²) in [6.07, 6.45) is 1.47. The highest BCUT2D eigenvalue weighted by Crippen LogP contribution is 2.19. The van der Waals surface area contributed by atoms with E-state index in [0.29, 0.717) is 23.9 Å². The Morgan fingerprint density at radius 1 is 1.35 bits per heavy atom. The molecule has 0 bridgehead atoms. The molecule has 1 aromatic rings. The smallest absolute Gasteiger partial charge is 0.220 e. The van der Waals surface area contributed by atoms with E-state index >= 15 is 0 Å². The van der Waals surface area contributed by atoms with Crippen molar-refractivity contribution in [3.05, 3.63) is 34.9 Å². The van der Waals surface area contributed by atoms with Crippen LogP contribution in [0.15, 0.2) is 24.3 Å². The van der Waals surface area contributed by atoms with Crippen LogP contribution in [0, 0.1) is 11.8 Å². The third-order valence-corrected chi connectivity index (χ3v) is 3.57. The van der Waals surface area contributed by atoms with E-state index in [1.54, 1.807) is 0 Å². The molecule has 20 heavy (non-hydrogen) atoms. The molecular weight excluding hydrogens is 272 g/mol. The summed E-state index contributed by atoms with van der Waals surface area (Å²) >= 11 is 5.96. The normalized spacial score (nSPS) is 14.1. The van der Waals surface area contributed by atoms with Gasteiger partial charge in [0, 0.05) is 11.4 Å². The zero-order chi connectivity index (χ0) is 15.1. The van der Waals surface area contributed by atoms with E-state index in [-0.39, 0.29) is 17.9 Å². The minimum atomic E-state index is -0.0429. The van der Waals surface area contributed by atoms with Crippen LogP contribution < -0.4 is 11.1 Å². The quantitative estimate of drug-likeness (QED) is 0.809. The fourth-order valence-electron chi connectivity index (χ4n) is 2.35. The summed E-state index contributed by atoms with van der Waals surface area (Å²) in [6.45, 7) is 6.81. The van der Waals surface area contributed by atoms with Crippen LogP contribution in [-0.4, -0.2) is 12.5 Å². The van der Waals surface area contributed by atoms with E-state index < -0.39 is 0 Å². The number of rotatable bonds is 7. The fraction of sp³-hybridized carbons (Fsp3) is 0.562. The minimum Gasteiger partial charge on any atom is -0.350 e. The van der Waals surface area contributed by atoms with Gasteiger partial charge in [0.2, 0.25) is 5.91 Å². The summed E-state index contributed by atoms with van der Waals surface area (Å²) in [6, 6.07) is 7.51. The summed E-state index contributed by atoms with van der Waals surface area (Å²) in [5, 5.41) is 3.69. The molecule has 2 unspecified atom stereocenters.